The molecule has 8 heavy (non-hydrogen) atoms. The molecule has 0 N–H and O–H groups in total. The van der Waals surface area contributed by atoms with Crippen LogP contribution in [0.4, 0.5) is 0 Å². The van der Waals surface area contributed by atoms with E-state index in [2.05, 4.69) is 11.3 Å². The molecular formula is C2H4I2KNaO2. The molecule has 0 aliphatic heterocycles. The number of carboxylic acid groups (broad SMARTS) is 1. The summed E-state index contributed by atoms with van der Waals surface area (Å²) in [7, 11) is 0. The maximum Gasteiger partial charge on any atom is 1.00 e. The Kier molecular flexibility index (Phi) is 63.2. The summed E-state index contributed by atoms with van der Waals surface area (Å²) < 4.78 is 0. The first-order chi connectivity index (χ1) is 2.73. The average molecular weight is 376 g/mol. The smallest absolute Gasteiger partial charge is 1.00 e. The Balaban J connectivity index is -0.0000000183. The Labute approximate surface area is 126 Å². The van der Waals surface area contributed by atoms with Gasteiger partial charge >= 0.3 is 83.5 Å². The van der Waals surface area contributed by atoms with Crippen LogP contribution in [-0.2, 0) is 4.79 Å². The van der Waals surface area contributed by atoms with E-state index in [1.165, 1.54) is 0 Å². The van der Waals surface area contributed by atoms with Gasteiger partial charge in [-0.15, -0.1) is 24.0 Å². The van der Waals surface area contributed by atoms with Crippen molar-refractivity contribution in [3.8, 4) is 0 Å². The van der Waals surface area contributed by atoms with Gasteiger partial charge < -0.3 is 9.90 Å². The Bertz CT molecular complexity index is 41.0. The van der Waals surface area contributed by atoms with Crippen LogP contribution < -0.4 is 34.7 Å². The van der Waals surface area contributed by atoms with Crippen LogP contribution >= 0.6 is 35.3 Å². The van der Waals surface area contributed by atoms with Gasteiger partial charge in [0.2, 0.25) is 0 Å². The molecule has 0 aromatic heterocycles. The molecule has 0 rings (SSSR count). The monoisotopic (exact) mass is 376 g/mol. The molecule has 0 fully saturated rings. The topological polar surface area (TPSA) is 40.1 Å². The number of halogens is 2. The summed E-state index contributed by atoms with van der Waals surface area (Å²) in [4.78, 5) is 8.89. The summed E-state index contributed by atoms with van der Waals surface area (Å²) >= 11 is 3.37. The van der Waals surface area contributed by atoms with Gasteiger partial charge in [-0.25, -0.2) is 0 Å². The molecule has 0 saturated heterocycles. The van der Waals surface area contributed by atoms with Gasteiger partial charge in [0.15, 0.2) is 0 Å². The molecule has 0 radical (unpaired) electrons. The van der Waals surface area contributed by atoms with Gasteiger partial charge in [-0.3, -0.25) is 0 Å². The van der Waals surface area contributed by atoms with Gasteiger partial charge in [-0.05, 0) is 6.92 Å². The minimum atomic E-state index is -1.08. The first-order valence-electron chi connectivity index (χ1n) is 1.29. The molecule has 0 aromatic carbocycles. The van der Waals surface area contributed by atoms with Crippen molar-refractivity contribution in [2.24, 2.45) is 0 Å². The fraction of sp³-hybridized carbons (Fsp3) is 0.500. The minimum Gasteiger partial charge on any atom is 1.00 e. The van der Waals surface area contributed by atoms with Crippen molar-refractivity contribution in [3.63, 3.8) is 0 Å². The van der Waals surface area contributed by atoms with Crippen LogP contribution in [0.5, 0.6) is 0 Å². The first-order valence-corrected chi connectivity index (χ1v) is 11.4. The van der Waals surface area contributed by atoms with E-state index in [-0.39, 0.29) is 53.5 Å². The molecule has 2 nitrogen and oxygen atoms in total. The van der Waals surface area contributed by atoms with E-state index in [4.69, 9.17) is 9.90 Å². The molecule has 0 aromatic rings. The summed E-state index contributed by atoms with van der Waals surface area (Å²) in [6.07, 6.45) is 0. The second-order valence-corrected chi connectivity index (χ2v) is 0.492. The second-order valence-electron chi connectivity index (χ2n) is 0.492. The predicted octanol–water partition coefficient (Wildman–Crippen LogP) is -3.12. The van der Waals surface area contributed by atoms with Crippen LogP contribution in [0, 0.1) is 0 Å². The SMILES string of the molecule is CC(=O)[O-].I.[K][I].[Na+]. The number of carbonyl (C=O) groups excluding carboxylic acids is 1. The largest absolute Gasteiger partial charge is 1.00 e. The van der Waals surface area contributed by atoms with Gasteiger partial charge in [0.05, 0.1) is 0 Å². The second kappa shape index (κ2) is 22.4. The van der Waals surface area contributed by atoms with Gasteiger partial charge in [-0.2, -0.15) is 0 Å². The Hall–Kier alpha value is 3.57. The molecule has 0 saturated carbocycles. The van der Waals surface area contributed by atoms with Crippen LogP contribution in [0.25, 0.3) is 0 Å². The Morgan fingerprint density at radius 1 is 1.62 bits per heavy atom. The number of rotatable bonds is 0. The fourth-order valence-corrected chi connectivity index (χ4v) is 0. The Morgan fingerprint density at radius 3 is 1.62 bits per heavy atom. The van der Waals surface area contributed by atoms with Crippen LogP contribution in [0.15, 0.2) is 0 Å². The van der Waals surface area contributed by atoms with Gasteiger partial charge in [0, 0.05) is 5.97 Å². The molecular weight excluding hydrogens is 372 g/mol. The van der Waals surface area contributed by atoms with Gasteiger partial charge in [0.25, 0.3) is 0 Å². The number of carboxylic acids is 1. The molecule has 6 heteroatoms. The first kappa shape index (κ1) is 22.6. The van der Waals surface area contributed by atoms with E-state index in [1.54, 1.807) is 0 Å². The number of aliphatic carboxylic acids is 1. The molecule has 0 bridgehead atoms. The molecule has 0 unspecified atom stereocenters. The van der Waals surface area contributed by atoms with E-state index in [0.29, 0.717) is 0 Å². The number of hydrogen-bond donors (Lipinski definition) is 0. The van der Waals surface area contributed by atoms with Crippen LogP contribution in [-0.4, -0.2) is 48.7 Å². The van der Waals surface area contributed by atoms with Crippen molar-refractivity contribution in [2.75, 3.05) is 0 Å². The molecule has 0 aliphatic rings. The van der Waals surface area contributed by atoms with Crippen molar-refractivity contribution in [2.45, 2.75) is 6.92 Å². The van der Waals surface area contributed by atoms with E-state index < -0.39 is 5.97 Å². The third-order valence-corrected chi connectivity index (χ3v) is 0. The molecule has 0 heterocycles. The number of hydrogen-bond acceptors (Lipinski definition) is 2. The molecule has 0 spiro atoms. The standard InChI is InChI=1S/C2H4O2.2HI.K.Na/c1-2(3)4;;;;/h1H3,(H,3,4);2*1H;;/q;;;2*+1/p-2. The summed E-state index contributed by atoms with van der Waals surface area (Å²) in [5.74, 6) is -1.08. The molecule has 40 valence electrons. The van der Waals surface area contributed by atoms with Crippen molar-refractivity contribution < 1.29 is 39.5 Å². The normalized spacial score (nSPS) is 4.00. The van der Waals surface area contributed by atoms with Crippen molar-refractivity contribution in [1.29, 1.82) is 0 Å². The minimum absolute atomic E-state index is 0. The van der Waals surface area contributed by atoms with Crippen LogP contribution in [0.1, 0.15) is 6.92 Å². The maximum absolute atomic E-state index is 8.89. The Morgan fingerprint density at radius 2 is 1.62 bits per heavy atom. The summed E-state index contributed by atoms with van der Waals surface area (Å²) in [6, 6.07) is 0. The van der Waals surface area contributed by atoms with Crippen molar-refractivity contribution in [3.05, 3.63) is 0 Å². The van der Waals surface area contributed by atoms with Crippen molar-refractivity contribution in [1.82, 2.24) is 0 Å². The predicted molar refractivity (Wildman–Crippen MR) is 45.9 cm³/mol. The van der Waals surface area contributed by atoms with E-state index in [9.17, 15) is 0 Å². The maximum atomic E-state index is 8.89. The van der Waals surface area contributed by atoms with Crippen LogP contribution in [0.3, 0.4) is 0 Å². The number of carbonyl (C=O) groups is 1. The van der Waals surface area contributed by atoms with E-state index in [0.717, 1.165) is 49.6 Å². The summed E-state index contributed by atoms with van der Waals surface area (Å²) in [6.45, 7) is 0.972. The van der Waals surface area contributed by atoms with Crippen LogP contribution in [0.2, 0.25) is 0 Å². The van der Waals surface area contributed by atoms with E-state index >= 15 is 0 Å². The van der Waals surface area contributed by atoms with Crippen molar-refractivity contribution >= 4 is 83.9 Å². The third kappa shape index (κ3) is 55.2. The summed E-state index contributed by atoms with van der Waals surface area (Å²) in [5, 5.41) is 8.89. The van der Waals surface area contributed by atoms with E-state index in [1.807, 2.05) is 0 Å². The van der Waals surface area contributed by atoms with Gasteiger partial charge in [-0.1, -0.05) is 0 Å². The average Bonchev–Trinajstić information content (AvgIpc) is 1.41. The summed E-state index contributed by atoms with van der Waals surface area (Å²) in [5.41, 5.74) is 0. The molecule has 0 atom stereocenters. The molecule has 0 amide bonds. The zero-order valence-electron chi connectivity index (χ0n) is 5.10. The fourth-order valence-electron chi connectivity index (χ4n) is 0. The van der Waals surface area contributed by atoms with Gasteiger partial charge in [0.1, 0.15) is 0 Å². The third-order valence-electron chi connectivity index (χ3n) is 0. The zero-order chi connectivity index (χ0) is 5.58. The quantitative estimate of drug-likeness (QED) is 0.332. The molecule has 0 aliphatic carbocycles. The zero-order valence-corrected chi connectivity index (χ0v) is 14.7.